The van der Waals surface area contributed by atoms with Gasteiger partial charge in [-0.15, -0.1) is 0 Å². The minimum absolute atomic E-state index is 0.139. The third-order valence-electron chi connectivity index (χ3n) is 2.73. The zero-order valence-electron chi connectivity index (χ0n) is 10.8. The number of rotatable bonds is 4. The van der Waals surface area contributed by atoms with Crippen molar-refractivity contribution >= 4 is 29.5 Å². The summed E-state index contributed by atoms with van der Waals surface area (Å²) < 4.78 is 0. The quantitative estimate of drug-likeness (QED) is 0.694. The molecule has 0 aliphatic heterocycles. The molecule has 0 bridgehead atoms. The van der Waals surface area contributed by atoms with Crippen LogP contribution in [0.1, 0.15) is 21.5 Å². The number of carbonyl (C=O) groups is 1. The van der Waals surface area contributed by atoms with E-state index in [0.717, 1.165) is 16.8 Å². The molecule has 2 aromatic rings. The molecular weight excluding hydrogens is 276 g/mol. The molecule has 2 aromatic carbocycles. The summed E-state index contributed by atoms with van der Waals surface area (Å²) in [6, 6.07) is 11.8. The molecule has 0 heterocycles. The van der Waals surface area contributed by atoms with Gasteiger partial charge < -0.3 is 9.90 Å². The molecule has 1 N–H and O–H groups in total. The van der Waals surface area contributed by atoms with Crippen molar-refractivity contribution in [1.29, 1.82) is 0 Å². The Balaban J connectivity index is 2.02. The number of halogens is 1. The van der Waals surface area contributed by atoms with Gasteiger partial charge in [0.1, 0.15) is 0 Å². The predicted octanol–water partition coefficient (Wildman–Crippen LogP) is 2.46. The second-order valence-electron chi connectivity index (χ2n) is 4.24. The van der Waals surface area contributed by atoms with Crippen LogP contribution in [0.2, 0.25) is 5.02 Å². The fourth-order valence-corrected chi connectivity index (χ4v) is 1.73. The summed E-state index contributed by atoms with van der Waals surface area (Å²) in [5.41, 5.74) is 5.55. The second kappa shape index (κ2) is 6.21. The number of hydrogen-bond acceptors (Lipinski definition) is 4. The van der Waals surface area contributed by atoms with E-state index in [1.54, 1.807) is 24.4 Å². The van der Waals surface area contributed by atoms with Crippen molar-refractivity contribution in [1.82, 2.24) is 0 Å². The van der Waals surface area contributed by atoms with Gasteiger partial charge in [0, 0.05) is 5.02 Å². The zero-order valence-corrected chi connectivity index (χ0v) is 11.5. The van der Waals surface area contributed by atoms with Crippen molar-refractivity contribution in [2.24, 2.45) is 5.10 Å². The van der Waals surface area contributed by atoms with Crippen molar-refractivity contribution < 1.29 is 9.90 Å². The van der Waals surface area contributed by atoms with Gasteiger partial charge >= 0.3 is 0 Å². The monoisotopic (exact) mass is 287 g/mol. The number of carbonyl (C=O) groups excluding carboxylic acids is 1. The van der Waals surface area contributed by atoms with Gasteiger partial charge in [0.2, 0.25) is 0 Å². The third-order valence-corrected chi connectivity index (χ3v) is 3.13. The lowest BCUT2D eigenvalue weighted by molar-refractivity contribution is -0.255. The molecule has 5 heteroatoms. The number of carboxylic acids is 1. The van der Waals surface area contributed by atoms with Gasteiger partial charge in [-0.1, -0.05) is 41.9 Å². The van der Waals surface area contributed by atoms with E-state index < -0.39 is 5.97 Å². The largest absolute Gasteiger partial charge is 0.545 e. The molecule has 0 saturated heterocycles. The molecule has 0 fully saturated rings. The van der Waals surface area contributed by atoms with Crippen LogP contribution >= 0.6 is 11.6 Å². The van der Waals surface area contributed by atoms with Crippen LogP contribution in [0.15, 0.2) is 47.6 Å². The highest BCUT2D eigenvalue weighted by molar-refractivity contribution is 6.31. The molecule has 2 rings (SSSR count). The number of aryl methyl sites for hydroxylation is 1. The number of nitrogens with zero attached hydrogens (tertiary/aromatic N) is 1. The first-order chi connectivity index (χ1) is 9.56. The van der Waals surface area contributed by atoms with Crippen molar-refractivity contribution in [2.75, 3.05) is 5.43 Å². The Hall–Kier alpha value is -2.33. The molecule has 4 nitrogen and oxygen atoms in total. The number of anilines is 1. The predicted molar refractivity (Wildman–Crippen MR) is 78.2 cm³/mol. The maximum Gasteiger partial charge on any atom is 0.0715 e. The van der Waals surface area contributed by atoms with Crippen LogP contribution in [0.3, 0.4) is 0 Å². The van der Waals surface area contributed by atoms with Gasteiger partial charge in [-0.2, -0.15) is 5.10 Å². The van der Waals surface area contributed by atoms with Gasteiger partial charge in [0.05, 0.1) is 17.9 Å². The van der Waals surface area contributed by atoms with Crippen LogP contribution in [-0.2, 0) is 0 Å². The highest BCUT2D eigenvalue weighted by atomic mass is 35.5. The van der Waals surface area contributed by atoms with E-state index in [0.29, 0.717) is 5.02 Å². The van der Waals surface area contributed by atoms with E-state index in [4.69, 9.17) is 11.6 Å². The van der Waals surface area contributed by atoms with E-state index in [-0.39, 0.29) is 5.56 Å². The summed E-state index contributed by atoms with van der Waals surface area (Å²) >= 11 is 6.00. The van der Waals surface area contributed by atoms with Crippen LogP contribution in [-0.4, -0.2) is 12.2 Å². The Bertz CT molecular complexity index is 651. The first-order valence-electron chi connectivity index (χ1n) is 5.93. The van der Waals surface area contributed by atoms with Crippen molar-refractivity contribution in [3.8, 4) is 0 Å². The van der Waals surface area contributed by atoms with Gasteiger partial charge in [0.15, 0.2) is 0 Å². The normalized spacial score (nSPS) is 10.7. The molecule has 0 spiro atoms. The molecule has 0 aromatic heterocycles. The second-order valence-corrected chi connectivity index (χ2v) is 4.65. The smallest absolute Gasteiger partial charge is 0.0715 e. The summed E-state index contributed by atoms with van der Waals surface area (Å²) in [5, 5.41) is 15.3. The SMILES string of the molecule is Cc1ccc(N/N=C\c2ccc(C(=O)[O-])cc2)cc1Cl. The molecule has 0 unspecified atom stereocenters. The maximum absolute atomic E-state index is 10.6. The molecule has 0 aliphatic carbocycles. The van der Waals surface area contributed by atoms with E-state index in [2.05, 4.69) is 10.5 Å². The Morgan fingerprint density at radius 2 is 1.95 bits per heavy atom. The molecule has 20 heavy (non-hydrogen) atoms. The molecule has 0 radical (unpaired) electrons. The summed E-state index contributed by atoms with van der Waals surface area (Å²) in [7, 11) is 0. The van der Waals surface area contributed by atoms with Crippen molar-refractivity contribution in [3.63, 3.8) is 0 Å². The molecule has 0 aliphatic rings. The Kier molecular flexibility index (Phi) is 4.38. The molecular formula is C15H12ClN2O2-. The lowest BCUT2D eigenvalue weighted by atomic mass is 10.1. The molecule has 102 valence electrons. The first-order valence-corrected chi connectivity index (χ1v) is 6.31. The minimum Gasteiger partial charge on any atom is -0.545 e. The fraction of sp³-hybridized carbons (Fsp3) is 0.0667. The van der Waals surface area contributed by atoms with Gasteiger partial charge in [-0.3, -0.25) is 5.43 Å². The summed E-state index contributed by atoms with van der Waals surface area (Å²) in [6.45, 7) is 1.92. The average molecular weight is 288 g/mol. The van der Waals surface area contributed by atoms with Crippen LogP contribution in [0.25, 0.3) is 0 Å². The number of carboxylic acid groups (broad SMARTS) is 1. The Morgan fingerprint density at radius 3 is 2.55 bits per heavy atom. The Labute approximate surface area is 121 Å². The first kappa shape index (κ1) is 14.1. The van der Waals surface area contributed by atoms with Crippen LogP contribution in [0.5, 0.6) is 0 Å². The third kappa shape index (κ3) is 3.59. The molecule has 0 atom stereocenters. The number of benzene rings is 2. The van der Waals surface area contributed by atoms with Gasteiger partial charge in [-0.05, 0) is 35.7 Å². The lowest BCUT2D eigenvalue weighted by Gasteiger charge is -2.03. The van der Waals surface area contributed by atoms with Crippen LogP contribution in [0, 0.1) is 6.92 Å². The van der Waals surface area contributed by atoms with E-state index >= 15 is 0 Å². The fourth-order valence-electron chi connectivity index (χ4n) is 1.55. The van der Waals surface area contributed by atoms with Gasteiger partial charge in [-0.25, -0.2) is 0 Å². The number of nitrogens with one attached hydrogen (secondary N) is 1. The van der Waals surface area contributed by atoms with E-state index in [1.807, 2.05) is 19.1 Å². The van der Waals surface area contributed by atoms with Gasteiger partial charge in [0.25, 0.3) is 0 Å². The topological polar surface area (TPSA) is 64.5 Å². The molecule has 0 saturated carbocycles. The lowest BCUT2D eigenvalue weighted by Crippen LogP contribution is -2.21. The maximum atomic E-state index is 10.6. The van der Waals surface area contributed by atoms with E-state index in [9.17, 15) is 9.90 Å². The highest BCUT2D eigenvalue weighted by Crippen LogP contribution is 2.19. The number of hydrogen-bond donors (Lipinski definition) is 1. The minimum atomic E-state index is -1.19. The van der Waals surface area contributed by atoms with Crippen LogP contribution < -0.4 is 10.5 Å². The molecule has 0 amide bonds. The summed E-state index contributed by atoms with van der Waals surface area (Å²) in [4.78, 5) is 10.6. The van der Waals surface area contributed by atoms with Crippen molar-refractivity contribution in [2.45, 2.75) is 6.92 Å². The van der Waals surface area contributed by atoms with Crippen LogP contribution in [0.4, 0.5) is 5.69 Å². The van der Waals surface area contributed by atoms with Crippen molar-refractivity contribution in [3.05, 3.63) is 64.2 Å². The standard InChI is InChI=1S/C15H13ClN2O2/c1-10-2-7-13(8-14(10)16)18-17-9-11-3-5-12(6-4-11)15(19)20/h2-9,18H,1H3,(H,19,20)/p-1/b17-9-. The Morgan fingerprint density at radius 1 is 1.25 bits per heavy atom. The zero-order chi connectivity index (χ0) is 14.5. The summed E-state index contributed by atoms with van der Waals surface area (Å²) in [6.07, 6.45) is 1.59. The highest BCUT2D eigenvalue weighted by Gasteiger charge is 1.96. The van der Waals surface area contributed by atoms with E-state index in [1.165, 1.54) is 12.1 Å². The number of hydrazone groups is 1. The average Bonchev–Trinajstić information content (AvgIpc) is 2.43. The number of aromatic carboxylic acids is 1. The summed E-state index contributed by atoms with van der Waals surface area (Å²) in [5.74, 6) is -1.19.